The number of hydrogen-bond acceptors (Lipinski definition) is 5. The summed E-state index contributed by atoms with van der Waals surface area (Å²) in [6, 6.07) is 10.6. The van der Waals surface area contributed by atoms with Crippen molar-refractivity contribution in [3.8, 4) is 5.75 Å². The van der Waals surface area contributed by atoms with Crippen LogP contribution in [0.3, 0.4) is 0 Å². The summed E-state index contributed by atoms with van der Waals surface area (Å²) in [6.07, 6.45) is 0. The Balaban J connectivity index is 1.99. The number of nitrogens with zero attached hydrogens (tertiary/aromatic N) is 2. The Hall–Kier alpha value is -3.49. The minimum Gasteiger partial charge on any atom is -0.484 e. The van der Waals surface area contributed by atoms with Crippen LogP contribution in [0.2, 0.25) is 0 Å². The van der Waals surface area contributed by atoms with Crippen molar-refractivity contribution >= 4 is 23.2 Å². The van der Waals surface area contributed by atoms with E-state index in [4.69, 9.17) is 4.74 Å². The zero-order valence-electron chi connectivity index (χ0n) is 16.3. The number of rotatable bonds is 7. The summed E-state index contributed by atoms with van der Waals surface area (Å²) in [5, 5.41) is 13.3. The molecule has 2 rings (SSSR count). The first-order valence-corrected chi connectivity index (χ1v) is 8.79. The number of ether oxygens (including phenoxy) is 1. The first-order valence-electron chi connectivity index (χ1n) is 8.79. The number of nitrogens with one attached hydrogen (secondary N) is 1. The van der Waals surface area contributed by atoms with Crippen LogP contribution in [-0.4, -0.2) is 40.3 Å². The van der Waals surface area contributed by atoms with E-state index in [-0.39, 0.29) is 18.8 Å². The van der Waals surface area contributed by atoms with Crippen LogP contribution in [0.1, 0.15) is 20.8 Å². The fourth-order valence-electron chi connectivity index (χ4n) is 2.46. The Bertz CT molecular complexity index is 876. The third-order valence-electron chi connectivity index (χ3n) is 3.95. The van der Waals surface area contributed by atoms with Crippen molar-refractivity contribution in [2.45, 2.75) is 26.3 Å². The third-order valence-corrected chi connectivity index (χ3v) is 3.95. The van der Waals surface area contributed by atoms with E-state index in [1.807, 2.05) is 0 Å². The third kappa shape index (κ3) is 6.56. The molecular formula is C20H22FN3O5. The average molecular weight is 403 g/mol. The summed E-state index contributed by atoms with van der Waals surface area (Å²) in [4.78, 5) is 36.5. The Morgan fingerprint density at radius 3 is 2.21 bits per heavy atom. The van der Waals surface area contributed by atoms with Crippen LogP contribution < -0.4 is 10.1 Å². The van der Waals surface area contributed by atoms with Crippen molar-refractivity contribution in [2.24, 2.45) is 0 Å². The molecular weight excluding hydrogens is 381 g/mol. The van der Waals surface area contributed by atoms with Gasteiger partial charge < -0.3 is 15.0 Å². The van der Waals surface area contributed by atoms with Crippen molar-refractivity contribution in [3.05, 3.63) is 64.5 Å². The molecule has 154 valence electrons. The predicted molar refractivity (Wildman–Crippen MR) is 105 cm³/mol. The molecule has 0 fully saturated rings. The van der Waals surface area contributed by atoms with Crippen molar-refractivity contribution in [2.75, 3.05) is 18.5 Å². The maximum Gasteiger partial charge on any atom is 0.269 e. The van der Waals surface area contributed by atoms with E-state index < -0.39 is 28.1 Å². The lowest BCUT2D eigenvalue weighted by atomic mass is 10.1. The summed E-state index contributed by atoms with van der Waals surface area (Å²) >= 11 is 0. The monoisotopic (exact) mass is 403 g/mol. The number of amides is 2. The molecule has 0 spiro atoms. The molecule has 1 N–H and O–H groups in total. The largest absolute Gasteiger partial charge is 0.484 e. The Labute approximate surface area is 167 Å². The van der Waals surface area contributed by atoms with Crippen LogP contribution in [-0.2, 0) is 9.59 Å². The van der Waals surface area contributed by atoms with E-state index in [1.165, 1.54) is 53.4 Å². The molecule has 0 saturated heterocycles. The van der Waals surface area contributed by atoms with Crippen molar-refractivity contribution < 1.29 is 23.6 Å². The highest BCUT2D eigenvalue weighted by atomic mass is 19.1. The summed E-state index contributed by atoms with van der Waals surface area (Å²) < 4.78 is 18.4. The first-order chi connectivity index (χ1) is 13.6. The van der Waals surface area contributed by atoms with Gasteiger partial charge in [-0.25, -0.2) is 4.39 Å². The van der Waals surface area contributed by atoms with Gasteiger partial charge >= 0.3 is 0 Å². The quantitative estimate of drug-likeness (QED) is 0.564. The molecule has 0 aliphatic heterocycles. The smallest absolute Gasteiger partial charge is 0.269 e. The van der Waals surface area contributed by atoms with E-state index in [0.29, 0.717) is 11.4 Å². The number of nitro groups is 1. The maximum atomic E-state index is 13.0. The van der Waals surface area contributed by atoms with Gasteiger partial charge in [0, 0.05) is 23.4 Å². The van der Waals surface area contributed by atoms with Gasteiger partial charge in [0.2, 0.25) is 5.91 Å². The molecule has 9 heteroatoms. The summed E-state index contributed by atoms with van der Waals surface area (Å²) in [5.41, 5.74) is -0.326. The minimum atomic E-state index is -0.657. The highest BCUT2D eigenvalue weighted by Gasteiger charge is 2.28. The molecule has 2 aromatic rings. The zero-order chi connectivity index (χ0) is 21.6. The van der Waals surface area contributed by atoms with E-state index in [2.05, 4.69) is 5.32 Å². The van der Waals surface area contributed by atoms with Gasteiger partial charge in [-0.15, -0.1) is 0 Å². The van der Waals surface area contributed by atoms with Gasteiger partial charge in [-0.2, -0.15) is 0 Å². The molecule has 0 atom stereocenters. The van der Waals surface area contributed by atoms with Crippen LogP contribution in [0.4, 0.5) is 15.8 Å². The number of anilines is 1. The second-order valence-electron chi connectivity index (χ2n) is 7.25. The van der Waals surface area contributed by atoms with E-state index >= 15 is 0 Å². The molecule has 8 nitrogen and oxygen atoms in total. The highest BCUT2D eigenvalue weighted by molar-refractivity contribution is 5.94. The van der Waals surface area contributed by atoms with Gasteiger partial charge in [-0.1, -0.05) is 0 Å². The van der Waals surface area contributed by atoms with Gasteiger partial charge in [0.25, 0.3) is 11.6 Å². The number of hydrogen-bond donors (Lipinski definition) is 1. The number of halogens is 1. The fraction of sp³-hybridized carbons (Fsp3) is 0.300. The molecule has 29 heavy (non-hydrogen) atoms. The van der Waals surface area contributed by atoms with E-state index in [9.17, 15) is 24.1 Å². The first kappa shape index (κ1) is 21.8. The highest BCUT2D eigenvalue weighted by Crippen LogP contribution is 2.19. The van der Waals surface area contributed by atoms with Crippen LogP contribution in [0.5, 0.6) is 5.75 Å². The molecule has 0 unspecified atom stereocenters. The van der Waals surface area contributed by atoms with E-state index in [0.717, 1.165) is 0 Å². The standard InChI is InChI=1S/C20H22FN3O5/c1-20(2,3)23(12-18(25)22-15-6-4-14(21)5-7-15)19(26)13-29-17-10-8-16(9-11-17)24(27)28/h4-11H,12-13H2,1-3H3,(H,22,25). The lowest BCUT2D eigenvalue weighted by molar-refractivity contribution is -0.384. The molecule has 0 radical (unpaired) electrons. The summed E-state index contributed by atoms with van der Waals surface area (Å²) in [7, 11) is 0. The molecule has 0 heterocycles. The molecule has 0 aliphatic carbocycles. The normalized spacial score (nSPS) is 10.9. The van der Waals surface area contributed by atoms with E-state index in [1.54, 1.807) is 20.8 Å². The molecule has 0 aliphatic rings. The Morgan fingerprint density at radius 1 is 1.10 bits per heavy atom. The van der Waals surface area contributed by atoms with Gasteiger partial charge in [0.1, 0.15) is 18.1 Å². The number of carbonyl (C=O) groups excluding carboxylic acids is 2. The zero-order valence-corrected chi connectivity index (χ0v) is 16.3. The summed E-state index contributed by atoms with van der Waals surface area (Å²) in [6.45, 7) is 4.79. The molecule has 0 saturated carbocycles. The van der Waals surface area contributed by atoms with Gasteiger partial charge in [0.05, 0.1) is 4.92 Å². The maximum absolute atomic E-state index is 13.0. The molecule has 2 amide bonds. The lowest BCUT2D eigenvalue weighted by Crippen LogP contribution is -2.51. The topological polar surface area (TPSA) is 102 Å². The number of benzene rings is 2. The van der Waals surface area contributed by atoms with Crippen LogP contribution in [0.25, 0.3) is 0 Å². The predicted octanol–water partition coefficient (Wildman–Crippen LogP) is 3.38. The number of non-ortho nitro benzene ring substituents is 1. The number of carbonyl (C=O) groups is 2. The van der Waals surface area contributed by atoms with Crippen molar-refractivity contribution in [1.82, 2.24) is 4.90 Å². The average Bonchev–Trinajstić information content (AvgIpc) is 2.65. The van der Waals surface area contributed by atoms with Gasteiger partial charge in [0.15, 0.2) is 6.61 Å². The Morgan fingerprint density at radius 2 is 1.69 bits per heavy atom. The SMILES string of the molecule is CC(C)(C)N(CC(=O)Nc1ccc(F)cc1)C(=O)COc1ccc([N+](=O)[O-])cc1. The van der Waals surface area contributed by atoms with Gasteiger partial charge in [-0.3, -0.25) is 19.7 Å². The number of nitro benzene ring substituents is 1. The minimum absolute atomic E-state index is 0.0857. The molecule has 0 bridgehead atoms. The van der Waals surface area contributed by atoms with Crippen molar-refractivity contribution in [1.29, 1.82) is 0 Å². The van der Waals surface area contributed by atoms with Crippen molar-refractivity contribution in [3.63, 3.8) is 0 Å². The second kappa shape index (κ2) is 9.13. The molecule has 0 aromatic heterocycles. The molecule has 2 aromatic carbocycles. The lowest BCUT2D eigenvalue weighted by Gasteiger charge is -2.35. The summed E-state index contributed by atoms with van der Waals surface area (Å²) in [5.74, 6) is -0.980. The fourth-order valence-corrected chi connectivity index (χ4v) is 2.46. The van der Waals surface area contributed by atoms with Crippen LogP contribution >= 0.6 is 0 Å². The Kier molecular flexibility index (Phi) is 6.87. The second-order valence-corrected chi connectivity index (χ2v) is 7.25. The van der Waals surface area contributed by atoms with Crippen LogP contribution in [0, 0.1) is 15.9 Å². The van der Waals surface area contributed by atoms with Gasteiger partial charge in [-0.05, 0) is 57.2 Å². The van der Waals surface area contributed by atoms with Crippen LogP contribution in [0.15, 0.2) is 48.5 Å².